The second-order valence-corrected chi connectivity index (χ2v) is 14.9. The summed E-state index contributed by atoms with van der Waals surface area (Å²) in [5.41, 5.74) is -0.770. The lowest BCUT2D eigenvalue weighted by atomic mass is 10.1. The van der Waals surface area contributed by atoms with Gasteiger partial charge in [-0.2, -0.15) is 13.2 Å². The number of nitrogens with one attached hydrogen (secondary N) is 3. The molecule has 2 aromatic rings. The number of nitrogens with zero attached hydrogens (tertiary/aromatic N) is 2. The maximum absolute atomic E-state index is 14.3. The SMILES string of the molecule is C=C[C@@H]1C[C@]1(NC(=O)[C@@H]1C[C@@H]2CN1C(=O)C(C(F)(F)F)NCCCCC/C=C/c1ccc3ccnc(c3c1)O2)C(=O)NS(=O)(=O)C1CC1. The van der Waals surface area contributed by atoms with Gasteiger partial charge in [0.25, 0.3) is 5.91 Å². The van der Waals surface area contributed by atoms with Crippen LogP contribution in [0, 0.1) is 5.92 Å². The Labute approximate surface area is 276 Å². The normalized spacial score (nSPS) is 29.0. The fourth-order valence-electron chi connectivity index (χ4n) is 6.45. The molecule has 15 heteroatoms. The minimum absolute atomic E-state index is 0.0400. The third-order valence-electron chi connectivity index (χ3n) is 9.41. The van der Waals surface area contributed by atoms with E-state index in [0.29, 0.717) is 31.1 Å². The summed E-state index contributed by atoms with van der Waals surface area (Å²) in [5, 5.41) is 5.71. The Morgan fingerprint density at radius 2 is 1.96 bits per heavy atom. The van der Waals surface area contributed by atoms with E-state index in [2.05, 4.69) is 26.9 Å². The van der Waals surface area contributed by atoms with Gasteiger partial charge in [0.15, 0.2) is 6.04 Å². The van der Waals surface area contributed by atoms with E-state index in [0.717, 1.165) is 28.7 Å². The zero-order valence-corrected chi connectivity index (χ0v) is 27.0. The number of halogens is 3. The van der Waals surface area contributed by atoms with Crippen LogP contribution in [0.15, 0.2) is 49.2 Å². The van der Waals surface area contributed by atoms with Gasteiger partial charge in [0.1, 0.15) is 17.7 Å². The van der Waals surface area contributed by atoms with Gasteiger partial charge in [-0.25, -0.2) is 13.4 Å². The summed E-state index contributed by atoms with van der Waals surface area (Å²) in [5.74, 6) is -3.63. The molecule has 4 bridgehead atoms. The van der Waals surface area contributed by atoms with Crippen molar-refractivity contribution in [2.24, 2.45) is 5.92 Å². The van der Waals surface area contributed by atoms with Gasteiger partial charge in [-0.1, -0.05) is 36.8 Å². The molecule has 4 aliphatic rings. The molecule has 1 saturated heterocycles. The molecule has 0 spiro atoms. The maximum Gasteiger partial charge on any atom is 0.412 e. The molecule has 1 aromatic heterocycles. The Balaban J connectivity index is 1.31. The molecule has 3 amide bonds. The molecule has 11 nitrogen and oxygen atoms in total. The van der Waals surface area contributed by atoms with Gasteiger partial charge < -0.3 is 15.0 Å². The first-order valence-corrected chi connectivity index (χ1v) is 17.7. The molecule has 2 aliphatic heterocycles. The first-order chi connectivity index (χ1) is 22.8. The predicted molar refractivity (Wildman–Crippen MR) is 171 cm³/mol. The summed E-state index contributed by atoms with van der Waals surface area (Å²) in [4.78, 5) is 46.1. The topological polar surface area (TPSA) is 147 Å². The summed E-state index contributed by atoms with van der Waals surface area (Å²) in [7, 11) is -3.96. The lowest BCUT2D eigenvalue weighted by molar-refractivity contribution is -0.177. The van der Waals surface area contributed by atoms with Crippen LogP contribution in [0.5, 0.6) is 5.88 Å². The number of allylic oxidation sites excluding steroid dienone is 1. The average molecular weight is 690 g/mol. The molecule has 1 unspecified atom stereocenters. The first kappa shape index (κ1) is 33.9. The van der Waals surface area contributed by atoms with Crippen LogP contribution < -0.4 is 20.1 Å². The molecular weight excluding hydrogens is 651 g/mol. The Morgan fingerprint density at radius 3 is 2.67 bits per heavy atom. The molecule has 258 valence electrons. The number of sulfonamides is 1. The van der Waals surface area contributed by atoms with Crippen molar-refractivity contribution in [3.63, 3.8) is 0 Å². The molecule has 5 atom stereocenters. The van der Waals surface area contributed by atoms with Crippen molar-refractivity contribution in [2.75, 3.05) is 13.1 Å². The summed E-state index contributed by atoms with van der Waals surface area (Å²) in [6.45, 7) is 3.24. The monoisotopic (exact) mass is 689 g/mol. The Bertz CT molecular complexity index is 1750. The van der Waals surface area contributed by atoms with Gasteiger partial charge in [-0.3, -0.25) is 24.4 Å². The number of pyridine rings is 1. The van der Waals surface area contributed by atoms with E-state index < -0.39 is 68.8 Å². The van der Waals surface area contributed by atoms with Crippen LogP contribution in [0.25, 0.3) is 16.8 Å². The molecule has 1 aromatic carbocycles. The van der Waals surface area contributed by atoms with E-state index in [1.807, 2.05) is 30.4 Å². The van der Waals surface area contributed by atoms with Crippen molar-refractivity contribution >= 4 is 44.6 Å². The third-order valence-corrected chi connectivity index (χ3v) is 11.2. The highest BCUT2D eigenvalue weighted by Crippen LogP contribution is 2.45. The molecule has 0 radical (unpaired) electrons. The van der Waals surface area contributed by atoms with E-state index in [1.165, 1.54) is 12.3 Å². The first-order valence-electron chi connectivity index (χ1n) is 16.2. The molecule has 3 heterocycles. The van der Waals surface area contributed by atoms with Gasteiger partial charge in [0.05, 0.1) is 11.8 Å². The van der Waals surface area contributed by atoms with Crippen LogP contribution in [0.4, 0.5) is 13.2 Å². The number of alkyl halides is 3. The maximum atomic E-state index is 14.3. The number of amides is 3. The number of hydrogen-bond donors (Lipinski definition) is 3. The number of aromatic nitrogens is 1. The van der Waals surface area contributed by atoms with Gasteiger partial charge in [-0.05, 0) is 68.2 Å². The minimum Gasteiger partial charge on any atom is -0.472 e. The second-order valence-electron chi connectivity index (χ2n) is 12.9. The number of benzene rings is 1. The van der Waals surface area contributed by atoms with Gasteiger partial charge in [0.2, 0.25) is 27.7 Å². The molecule has 3 N–H and O–H groups in total. The van der Waals surface area contributed by atoms with Crippen LogP contribution >= 0.6 is 0 Å². The third kappa shape index (κ3) is 7.07. The molecule has 3 fully saturated rings. The number of rotatable bonds is 6. The predicted octanol–water partition coefficient (Wildman–Crippen LogP) is 3.36. The van der Waals surface area contributed by atoms with E-state index in [-0.39, 0.29) is 31.8 Å². The van der Waals surface area contributed by atoms with E-state index >= 15 is 0 Å². The second kappa shape index (κ2) is 13.1. The van der Waals surface area contributed by atoms with Crippen LogP contribution in [-0.4, -0.2) is 84.3 Å². The standard InChI is InChI=1S/C33H38F3N5O6S/c1-2-22-18-32(22,31(44)40-48(45,46)24-11-12-24)39-28(42)26-17-23-19-41(26)30(43)27(33(34,35)36)37-14-7-5-3-4-6-8-20-9-10-21-13-15-38-29(47-23)25(21)16-20/h2,6,8-10,13,15-16,22-24,26-27,37H,1,3-5,7,11-12,14,17-19H2,(H,39,42)(H,40,44)/b8-6+/t22-,23-,26+,27?,32-/m1/s1. The summed E-state index contributed by atoms with van der Waals surface area (Å²) >= 11 is 0. The zero-order chi connectivity index (χ0) is 34.3. The van der Waals surface area contributed by atoms with E-state index in [4.69, 9.17) is 4.74 Å². The number of fused-ring (bicyclic) bond motifs is 3. The lowest BCUT2D eigenvalue weighted by Crippen LogP contribution is -2.60. The average Bonchev–Trinajstić information content (AvgIpc) is 3.96. The minimum atomic E-state index is -4.96. The van der Waals surface area contributed by atoms with Crippen molar-refractivity contribution in [1.82, 2.24) is 25.2 Å². The quantitative estimate of drug-likeness (QED) is 0.392. The van der Waals surface area contributed by atoms with Gasteiger partial charge in [-0.15, -0.1) is 6.58 Å². The van der Waals surface area contributed by atoms with Crippen molar-refractivity contribution in [3.05, 3.63) is 54.8 Å². The van der Waals surface area contributed by atoms with Gasteiger partial charge in [0, 0.05) is 23.9 Å². The molecule has 2 aliphatic carbocycles. The Hall–Kier alpha value is -3.98. The van der Waals surface area contributed by atoms with E-state index in [9.17, 15) is 36.0 Å². The highest BCUT2D eigenvalue weighted by molar-refractivity contribution is 7.91. The van der Waals surface area contributed by atoms with Crippen LogP contribution in [0.2, 0.25) is 0 Å². The summed E-state index contributed by atoms with van der Waals surface area (Å²) in [6.07, 6.45) is 4.17. The largest absolute Gasteiger partial charge is 0.472 e. The Kier molecular flexibility index (Phi) is 9.28. The van der Waals surface area contributed by atoms with Crippen molar-refractivity contribution < 1.29 is 40.7 Å². The number of carbonyl (C=O) groups excluding carboxylic acids is 3. The van der Waals surface area contributed by atoms with Gasteiger partial charge >= 0.3 is 6.18 Å². The number of carbonyl (C=O) groups is 3. The zero-order valence-electron chi connectivity index (χ0n) is 26.2. The summed E-state index contributed by atoms with van der Waals surface area (Å²) < 4.78 is 76.4. The van der Waals surface area contributed by atoms with Crippen molar-refractivity contribution in [3.8, 4) is 5.88 Å². The van der Waals surface area contributed by atoms with Crippen LogP contribution in [0.1, 0.15) is 56.9 Å². The van der Waals surface area contributed by atoms with Crippen LogP contribution in [0.3, 0.4) is 0 Å². The summed E-state index contributed by atoms with van der Waals surface area (Å²) in [6, 6.07) is 3.51. The highest BCUT2D eigenvalue weighted by Gasteiger charge is 2.62. The van der Waals surface area contributed by atoms with Crippen LogP contribution in [-0.2, 0) is 24.4 Å². The molecule has 6 rings (SSSR count). The fraction of sp³-hybridized carbons (Fsp3) is 0.515. The smallest absolute Gasteiger partial charge is 0.412 e. The Morgan fingerprint density at radius 1 is 1.17 bits per heavy atom. The fourth-order valence-corrected chi connectivity index (χ4v) is 7.81. The van der Waals surface area contributed by atoms with Crippen molar-refractivity contribution in [1.29, 1.82) is 0 Å². The highest BCUT2D eigenvalue weighted by atomic mass is 32.2. The molecular formula is C33H38F3N5O6S. The number of hydrogen-bond acceptors (Lipinski definition) is 8. The molecule has 48 heavy (non-hydrogen) atoms. The van der Waals surface area contributed by atoms with Crippen molar-refractivity contribution in [2.45, 2.75) is 86.5 Å². The van der Waals surface area contributed by atoms with E-state index in [1.54, 1.807) is 6.07 Å². The lowest BCUT2D eigenvalue weighted by Gasteiger charge is -2.30. The number of ether oxygens (including phenoxy) is 1. The molecule has 2 saturated carbocycles.